The average Bonchev–Trinajstić information content (AvgIpc) is 3.00. The Hall–Kier alpha value is -2.36. The van der Waals surface area contributed by atoms with Gasteiger partial charge in [-0.25, -0.2) is 9.59 Å². The van der Waals surface area contributed by atoms with E-state index in [1.807, 2.05) is 0 Å². The maximum absolute atomic E-state index is 12.9. The van der Waals surface area contributed by atoms with Gasteiger partial charge in [-0.3, -0.25) is 9.59 Å². The molecule has 0 aromatic carbocycles. The molecule has 1 aliphatic carbocycles. The number of fused-ring (bicyclic) bond motifs is 1. The molecule has 0 aromatic heterocycles. The molecule has 10 heteroatoms. The van der Waals surface area contributed by atoms with Gasteiger partial charge in [-0.2, -0.15) is 0 Å². The van der Waals surface area contributed by atoms with Gasteiger partial charge >= 0.3 is 12.1 Å². The van der Waals surface area contributed by atoms with E-state index in [1.165, 1.54) is 39.0 Å². The molecular formula is C16H20N2O7S. The van der Waals surface area contributed by atoms with Gasteiger partial charge < -0.3 is 19.6 Å². The molecule has 2 unspecified atom stereocenters. The van der Waals surface area contributed by atoms with Gasteiger partial charge in [-0.15, -0.1) is 11.8 Å². The zero-order valence-corrected chi connectivity index (χ0v) is 15.5. The third-order valence-electron chi connectivity index (χ3n) is 4.16. The number of alkyl carbamates (subject to hydrolysis) is 1. The van der Waals surface area contributed by atoms with Crippen molar-refractivity contribution in [1.82, 2.24) is 5.32 Å². The number of esters is 1. The van der Waals surface area contributed by atoms with Crippen molar-refractivity contribution in [3.05, 3.63) is 11.0 Å². The average molecular weight is 384 g/mol. The van der Waals surface area contributed by atoms with Crippen molar-refractivity contribution in [3.63, 3.8) is 0 Å². The van der Waals surface area contributed by atoms with E-state index in [2.05, 4.69) is 19.9 Å². The second kappa shape index (κ2) is 8.35. The Morgan fingerprint density at radius 3 is 2.69 bits per heavy atom. The lowest BCUT2D eigenvalue weighted by atomic mass is 9.71. The predicted molar refractivity (Wildman–Crippen MR) is 92.6 cm³/mol. The molecule has 0 radical (unpaired) electrons. The van der Waals surface area contributed by atoms with Gasteiger partial charge in [0, 0.05) is 12.6 Å². The summed E-state index contributed by atoms with van der Waals surface area (Å²) in [6.45, 7) is 1.92. The maximum atomic E-state index is 12.9. The summed E-state index contributed by atoms with van der Waals surface area (Å²) < 4.78 is 9.10. The van der Waals surface area contributed by atoms with Crippen molar-refractivity contribution in [1.29, 1.82) is 0 Å². The summed E-state index contributed by atoms with van der Waals surface area (Å²) >= 11 is 1.23. The summed E-state index contributed by atoms with van der Waals surface area (Å²) in [6.07, 6.45) is 1.00. The SMILES string of the molecule is COC(=O)NCCCCSC1=CC(=O)C2ON=C(C(=O)OC)C2(C)C1=O. The standard InChI is InChI=1S/C16H20N2O7S/c1-16-11(14(21)23-2)18-25-13(16)9(19)8-10(12(16)20)26-7-5-4-6-17-15(22)24-3/h8,13H,4-7H2,1-3H3,(H,17,22). The summed E-state index contributed by atoms with van der Waals surface area (Å²) in [7, 11) is 2.46. The summed E-state index contributed by atoms with van der Waals surface area (Å²) in [6, 6.07) is 0. The third-order valence-corrected chi connectivity index (χ3v) is 5.26. The summed E-state index contributed by atoms with van der Waals surface area (Å²) in [5.74, 6) is -1.03. The van der Waals surface area contributed by atoms with E-state index in [0.717, 1.165) is 0 Å². The zero-order valence-electron chi connectivity index (χ0n) is 14.7. The molecule has 9 nitrogen and oxygen atoms in total. The molecule has 0 saturated heterocycles. The molecule has 1 heterocycles. The molecule has 0 fully saturated rings. The number of allylic oxidation sites excluding steroid dienone is 1. The largest absolute Gasteiger partial charge is 0.464 e. The highest BCUT2D eigenvalue weighted by atomic mass is 32.2. The number of Topliss-reactive ketones (excluding diaryl/α,β-unsaturated/α-hetero) is 1. The Morgan fingerprint density at radius 2 is 2.04 bits per heavy atom. The highest BCUT2D eigenvalue weighted by Gasteiger charge is 2.60. The lowest BCUT2D eigenvalue weighted by molar-refractivity contribution is -0.139. The van der Waals surface area contributed by atoms with Crippen molar-refractivity contribution in [3.8, 4) is 0 Å². The Labute approximate surface area is 154 Å². The second-order valence-corrected chi connectivity index (χ2v) is 6.97. The molecule has 1 N–H and O–H groups in total. The van der Waals surface area contributed by atoms with Gasteiger partial charge in [-0.1, -0.05) is 5.16 Å². The lowest BCUT2D eigenvalue weighted by Crippen LogP contribution is -2.52. The first-order valence-electron chi connectivity index (χ1n) is 7.93. The van der Waals surface area contributed by atoms with E-state index < -0.39 is 29.4 Å². The molecular weight excluding hydrogens is 364 g/mol. The Balaban J connectivity index is 1.97. The zero-order chi connectivity index (χ0) is 19.3. The number of ether oxygens (including phenoxy) is 2. The number of nitrogens with one attached hydrogen (secondary N) is 1. The van der Waals surface area contributed by atoms with Gasteiger partial charge in [0.1, 0.15) is 5.41 Å². The number of oxime groups is 1. The molecule has 0 saturated carbocycles. The van der Waals surface area contributed by atoms with Gasteiger partial charge in [0.25, 0.3) is 0 Å². The van der Waals surface area contributed by atoms with E-state index in [9.17, 15) is 19.2 Å². The van der Waals surface area contributed by atoms with E-state index in [1.54, 1.807) is 0 Å². The van der Waals surface area contributed by atoms with E-state index in [0.29, 0.717) is 25.1 Å². The Kier molecular flexibility index (Phi) is 6.41. The first kappa shape index (κ1) is 20.0. The van der Waals surface area contributed by atoms with Crippen LogP contribution in [0.25, 0.3) is 0 Å². The van der Waals surface area contributed by atoms with Crippen LogP contribution >= 0.6 is 11.8 Å². The van der Waals surface area contributed by atoms with Crippen LogP contribution in [-0.4, -0.2) is 62.0 Å². The van der Waals surface area contributed by atoms with E-state index >= 15 is 0 Å². The van der Waals surface area contributed by atoms with E-state index in [-0.39, 0.29) is 16.4 Å². The third kappa shape index (κ3) is 3.74. The van der Waals surface area contributed by atoms with Crippen molar-refractivity contribution >= 4 is 41.1 Å². The van der Waals surface area contributed by atoms with Crippen LogP contribution < -0.4 is 5.32 Å². The molecule has 2 aliphatic rings. The number of unbranched alkanes of at least 4 members (excludes halogenated alkanes) is 1. The Bertz CT molecular complexity index is 688. The quantitative estimate of drug-likeness (QED) is 0.506. The summed E-state index contributed by atoms with van der Waals surface area (Å²) in [5.41, 5.74) is -1.68. The van der Waals surface area contributed by atoms with Crippen LogP contribution in [0.15, 0.2) is 16.1 Å². The minimum Gasteiger partial charge on any atom is -0.464 e. The maximum Gasteiger partial charge on any atom is 0.406 e. The number of carbonyl (C=O) groups is 4. The molecule has 1 amide bonds. The summed E-state index contributed by atoms with van der Waals surface area (Å²) in [5, 5.41) is 6.17. The molecule has 26 heavy (non-hydrogen) atoms. The van der Waals surface area contributed by atoms with Crippen LogP contribution in [0, 0.1) is 5.41 Å². The number of ketones is 2. The minimum absolute atomic E-state index is 0.197. The number of hydrogen-bond acceptors (Lipinski definition) is 9. The normalized spacial score (nSPS) is 24.2. The van der Waals surface area contributed by atoms with Crippen molar-refractivity contribution < 1.29 is 33.5 Å². The number of amides is 1. The molecule has 0 bridgehead atoms. The number of carbonyl (C=O) groups excluding carboxylic acids is 4. The highest BCUT2D eigenvalue weighted by Crippen LogP contribution is 2.42. The lowest BCUT2D eigenvalue weighted by Gasteiger charge is -2.30. The Morgan fingerprint density at radius 1 is 1.31 bits per heavy atom. The first-order chi connectivity index (χ1) is 12.4. The fourth-order valence-electron chi connectivity index (χ4n) is 2.64. The molecule has 0 spiro atoms. The van der Waals surface area contributed by atoms with E-state index in [4.69, 9.17) is 4.84 Å². The number of nitrogens with zero attached hydrogens (tertiary/aromatic N) is 1. The topological polar surface area (TPSA) is 120 Å². The monoisotopic (exact) mass is 384 g/mol. The molecule has 142 valence electrons. The number of methoxy groups -OCH3 is 2. The minimum atomic E-state index is -1.48. The number of thioether (sulfide) groups is 1. The number of hydrogen-bond donors (Lipinski definition) is 1. The number of rotatable bonds is 7. The highest BCUT2D eigenvalue weighted by molar-refractivity contribution is 8.04. The van der Waals surface area contributed by atoms with Gasteiger partial charge in [-0.05, 0) is 25.5 Å². The predicted octanol–water partition coefficient (Wildman–Crippen LogP) is 0.826. The molecule has 1 aliphatic heterocycles. The second-order valence-electron chi connectivity index (χ2n) is 5.83. The molecule has 2 atom stereocenters. The van der Waals surface area contributed by atoms with Crippen LogP contribution in [0.4, 0.5) is 4.79 Å². The summed E-state index contributed by atoms with van der Waals surface area (Å²) in [4.78, 5) is 53.3. The van der Waals surface area contributed by atoms with Crippen LogP contribution in [0.1, 0.15) is 19.8 Å². The molecule has 0 aromatic rings. The first-order valence-corrected chi connectivity index (χ1v) is 8.92. The van der Waals surface area contributed by atoms with Crippen molar-refractivity contribution in [2.75, 3.05) is 26.5 Å². The van der Waals surface area contributed by atoms with Crippen LogP contribution in [-0.2, 0) is 28.7 Å². The van der Waals surface area contributed by atoms with Crippen LogP contribution in [0.5, 0.6) is 0 Å². The van der Waals surface area contributed by atoms with Gasteiger partial charge in [0.15, 0.2) is 11.5 Å². The van der Waals surface area contributed by atoms with Crippen molar-refractivity contribution in [2.45, 2.75) is 25.9 Å². The van der Waals surface area contributed by atoms with Crippen molar-refractivity contribution in [2.24, 2.45) is 10.6 Å². The fourth-order valence-corrected chi connectivity index (χ4v) is 3.76. The van der Waals surface area contributed by atoms with Gasteiger partial charge in [0.05, 0.1) is 19.1 Å². The van der Waals surface area contributed by atoms with Crippen LogP contribution in [0.3, 0.4) is 0 Å². The smallest absolute Gasteiger partial charge is 0.406 e. The van der Waals surface area contributed by atoms with Gasteiger partial charge in [0.2, 0.25) is 11.9 Å². The van der Waals surface area contributed by atoms with Crippen LogP contribution in [0.2, 0.25) is 0 Å². The fraction of sp³-hybridized carbons (Fsp3) is 0.562. The molecule has 2 rings (SSSR count).